The number of aliphatic hydroxyl groups excluding tert-OH is 1. The fraction of sp³-hybridized carbons (Fsp3) is 0.265. The number of para-hydroxylation sites is 1. The first kappa shape index (κ1) is 30.7. The lowest BCUT2D eigenvalue weighted by Gasteiger charge is -2.30. The molecule has 0 saturated carbocycles. The van der Waals surface area contributed by atoms with Gasteiger partial charge in [-0.2, -0.15) is 0 Å². The highest BCUT2D eigenvalue weighted by Crippen LogP contribution is 2.31. The van der Waals surface area contributed by atoms with Crippen molar-refractivity contribution in [3.63, 3.8) is 0 Å². The third-order valence-electron chi connectivity index (χ3n) is 7.39. The van der Waals surface area contributed by atoms with Crippen LogP contribution < -0.4 is 10.6 Å². The maximum absolute atomic E-state index is 13.4. The Morgan fingerprint density at radius 1 is 0.955 bits per heavy atom. The largest absolute Gasteiger partial charge is 0.508 e. The number of ether oxygens (including phenoxy) is 3. The second kappa shape index (κ2) is 14.6. The van der Waals surface area contributed by atoms with E-state index in [9.17, 15) is 19.5 Å². The minimum Gasteiger partial charge on any atom is -0.508 e. The number of nitrogens with one attached hydrogen (secondary N) is 2. The number of carbonyl (C=O) groups excluding carboxylic acids is 3. The maximum Gasteiger partial charge on any atom is 0.339 e. The molecule has 4 N–H and O–H groups in total. The summed E-state index contributed by atoms with van der Waals surface area (Å²) in [4.78, 5) is 38.8. The molecule has 2 amide bonds. The number of benzene rings is 3. The van der Waals surface area contributed by atoms with Crippen molar-refractivity contribution in [2.24, 2.45) is 0 Å². The van der Waals surface area contributed by atoms with E-state index in [1.165, 1.54) is 0 Å². The van der Waals surface area contributed by atoms with Gasteiger partial charge in [0, 0.05) is 30.6 Å². The summed E-state index contributed by atoms with van der Waals surface area (Å²) in [7, 11) is 0. The van der Waals surface area contributed by atoms with E-state index in [-0.39, 0.29) is 50.5 Å². The average Bonchev–Trinajstić information content (AvgIpc) is 3.53. The molecule has 0 unspecified atom stereocenters. The molecule has 1 saturated heterocycles. The second-order valence-electron chi connectivity index (χ2n) is 10.4. The van der Waals surface area contributed by atoms with Crippen LogP contribution in [0.3, 0.4) is 0 Å². The van der Waals surface area contributed by atoms with Gasteiger partial charge in [-0.3, -0.25) is 9.59 Å². The molecule has 0 aromatic heterocycles. The zero-order chi connectivity index (χ0) is 30.9. The van der Waals surface area contributed by atoms with Crippen molar-refractivity contribution in [1.82, 2.24) is 10.6 Å². The SMILES string of the molecule is O=C(NCc1cccc(C(=O)NCCO)c1)C1=C[C@H]2OCO[C@H]2[C@H](OC(=O)c2ccccc2C=CCc2ccccc2O)C1. The van der Waals surface area contributed by atoms with Crippen molar-refractivity contribution in [2.75, 3.05) is 19.9 Å². The zero-order valence-corrected chi connectivity index (χ0v) is 24.0. The normalized spacial score (nSPS) is 19.2. The fourth-order valence-electron chi connectivity index (χ4n) is 5.14. The molecule has 2 aliphatic rings. The smallest absolute Gasteiger partial charge is 0.339 e. The second-order valence-corrected chi connectivity index (χ2v) is 10.4. The molecule has 3 aromatic carbocycles. The number of aliphatic hydroxyl groups is 1. The minimum absolute atomic E-state index is 0.0194. The molecule has 1 fully saturated rings. The first-order valence-corrected chi connectivity index (χ1v) is 14.4. The maximum atomic E-state index is 13.4. The molecule has 10 heteroatoms. The van der Waals surface area contributed by atoms with Gasteiger partial charge in [0.15, 0.2) is 0 Å². The summed E-state index contributed by atoms with van der Waals surface area (Å²) in [5.41, 5.74) is 3.33. The van der Waals surface area contributed by atoms with E-state index in [0.29, 0.717) is 28.7 Å². The molecule has 1 aliphatic heterocycles. The average molecular weight is 599 g/mol. The van der Waals surface area contributed by atoms with Crippen LogP contribution in [0.1, 0.15) is 43.8 Å². The van der Waals surface area contributed by atoms with Crippen molar-refractivity contribution in [1.29, 1.82) is 0 Å². The number of aromatic hydroxyl groups is 1. The number of carbonyl (C=O) groups is 3. The number of amides is 2. The van der Waals surface area contributed by atoms with E-state index in [4.69, 9.17) is 19.3 Å². The van der Waals surface area contributed by atoms with E-state index in [1.54, 1.807) is 60.7 Å². The molecule has 10 nitrogen and oxygen atoms in total. The number of esters is 1. The van der Waals surface area contributed by atoms with E-state index in [1.807, 2.05) is 30.4 Å². The van der Waals surface area contributed by atoms with Gasteiger partial charge in [0.1, 0.15) is 30.9 Å². The molecule has 1 aliphatic carbocycles. The highest BCUT2D eigenvalue weighted by molar-refractivity contribution is 5.96. The van der Waals surface area contributed by atoms with Crippen LogP contribution in [0.2, 0.25) is 0 Å². The number of hydrogen-bond acceptors (Lipinski definition) is 8. The molecule has 228 valence electrons. The number of allylic oxidation sites excluding steroid dienone is 1. The Labute approximate surface area is 255 Å². The summed E-state index contributed by atoms with van der Waals surface area (Å²) in [6, 6.07) is 21.0. The Bertz CT molecular complexity index is 1570. The quantitative estimate of drug-likeness (QED) is 0.246. The third-order valence-corrected chi connectivity index (χ3v) is 7.39. The van der Waals surface area contributed by atoms with Gasteiger partial charge in [-0.05, 0) is 53.5 Å². The number of rotatable bonds is 11. The molecule has 3 atom stereocenters. The topological polar surface area (TPSA) is 143 Å². The first-order valence-electron chi connectivity index (χ1n) is 14.4. The summed E-state index contributed by atoms with van der Waals surface area (Å²) < 4.78 is 17.3. The van der Waals surface area contributed by atoms with Crippen LogP contribution in [-0.2, 0) is 32.0 Å². The number of fused-ring (bicyclic) bond motifs is 1. The lowest BCUT2D eigenvalue weighted by molar-refractivity contribution is -0.118. The van der Waals surface area contributed by atoms with Crippen molar-refractivity contribution in [3.8, 4) is 5.75 Å². The highest BCUT2D eigenvalue weighted by atomic mass is 16.7. The number of phenolic OH excluding ortho intramolecular Hbond substituents is 1. The summed E-state index contributed by atoms with van der Waals surface area (Å²) >= 11 is 0. The van der Waals surface area contributed by atoms with Gasteiger partial charge in [0.25, 0.3) is 5.91 Å². The van der Waals surface area contributed by atoms with Gasteiger partial charge >= 0.3 is 5.97 Å². The van der Waals surface area contributed by atoms with Gasteiger partial charge < -0.3 is 35.1 Å². The van der Waals surface area contributed by atoms with Crippen LogP contribution in [0.4, 0.5) is 0 Å². The fourth-order valence-corrected chi connectivity index (χ4v) is 5.14. The molecule has 0 spiro atoms. The molecular weight excluding hydrogens is 564 g/mol. The predicted octanol–water partition coefficient (Wildman–Crippen LogP) is 3.28. The first-order chi connectivity index (χ1) is 21.4. The Balaban J connectivity index is 1.23. The van der Waals surface area contributed by atoms with Crippen LogP contribution >= 0.6 is 0 Å². The van der Waals surface area contributed by atoms with E-state index >= 15 is 0 Å². The van der Waals surface area contributed by atoms with Gasteiger partial charge in [0.2, 0.25) is 5.91 Å². The Hall–Kier alpha value is -4.77. The van der Waals surface area contributed by atoms with Crippen LogP contribution in [0.15, 0.2) is 90.5 Å². The summed E-state index contributed by atoms with van der Waals surface area (Å²) in [5, 5.41) is 24.4. The number of hydrogen-bond donors (Lipinski definition) is 4. The summed E-state index contributed by atoms with van der Waals surface area (Å²) in [6.07, 6.45) is 4.15. The van der Waals surface area contributed by atoms with E-state index < -0.39 is 24.3 Å². The van der Waals surface area contributed by atoms with Crippen molar-refractivity contribution in [3.05, 3.63) is 118 Å². The predicted molar refractivity (Wildman–Crippen MR) is 162 cm³/mol. The lowest BCUT2D eigenvalue weighted by Crippen LogP contribution is -2.43. The van der Waals surface area contributed by atoms with E-state index in [2.05, 4.69) is 10.6 Å². The lowest BCUT2D eigenvalue weighted by atomic mass is 9.91. The third kappa shape index (κ3) is 7.59. The van der Waals surface area contributed by atoms with Gasteiger partial charge in [0.05, 0.1) is 12.2 Å². The van der Waals surface area contributed by atoms with Gasteiger partial charge in [-0.15, -0.1) is 0 Å². The van der Waals surface area contributed by atoms with Gasteiger partial charge in [-0.1, -0.05) is 60.7 Å². The summed E-state index contributed by atoms with van der Waals surface area (Å²) in [5.74, 6) is -1.00. The van der Waals surface area contributed by atoms with Crippen LogP contribution in [0, 0.1) is 0 Å². The molecule has 5 rings (SSSR count). The van der Waals surface area contributed by atoms with E-state index in [0.717, 1.165) is 11.1 Å². The molecule has 0 bridgehead atoms. The van der Waals surface area contributed by atoms with Gasteiger partial charge in [-0.25, -0.2) is 4.79 Å². The van der Waals surface area contributed by atoms with Crippen LogP contribution in [-0.4, -0.2) is 66.3 Å². The molecule has 1 heterocycles. The molecule has 0 radical (unpaired) electrons. The number of phenols is 1. The molecular formula is C34H34N2O8. The van der Waals surface area contributed by atoms with Crippen molar-refractivity contribution < 1.29 is 38.8 Å². The molecule has 44 heavy (non-hydrogen) atoms. The highest BCUT2D eigenvalue weighted by Gasteiger charge is 2.42. The van der Waals surface area contributed by atoms with Crippen LogP contribution in [0.5, 0.6) is 5.75 Å². The Morgan fingerprint density at radius 2 is 1.77 bits per heavy atom. The molecule has 3 aromatic rings. The van der Waals surface area contributed by atoms with Crippen molar-refractivity contribution in [2.45, 2.75) is 37.7 Å². The zero-order valence-electron chi connectivity index (χ0n) is 24.0. The monoisotopic (exact) mass is 598 g/mol. The van der Waals surface area contributed by atoms with Crippen LogP contribution in [0.25, 0.3) is 6.08 Å². The van der Waals surface area contributed by atoms with Crippen molar-refractivity contribution >= 4 is 23.9 Å². The minimum atomic E-state index is -0.752. The Kier molecular flexibility index (Phi) is 10.2. The Morgan fingerprint density at radius 3 is 2.61 bits per heavy atom. The summed E-state index contributed by atoms with van der Waals surface area (Å²) in [6.45, 7) is 0.183. The standard InChI is InChI=1S/C34H34N2O8/c37-16-15-35-32(39)25-12-5-7-22(17-25)20-36-33(40)26-18-29-31(43-21-42-29)30(19-26)44-34(41)27-13-3-1-8-23(27)10-6-11-24-9-2-4-14-28(24)38/h1-10,12-14,17-18,29-31,37-38H,11,15-16,19-21H2,(H,35,39)(H,36,40)/t29-,30-,31-/m1/s1.